The SMILES string of the molecule is CCOC(CN)CSCc1cc(C)cc(C)c1. The van der Waals surface area contributed by atoms with E-state index in [9.17, 15) is 0 Å². The van der Waals surface area contributed by atoms with Crippen LogP contribution in [-0.2, 0) is 10.5 Å². The van der Waals surface area contributed by atoms with E-state index in [1.165, 1.54) is 16.7 Å². The van der Waals surface area contributed by atoms with Crippen LogP contribution in [0.5, 0.6) is 0 Å². The second-order valence-corrected chi connectivity index (χ2v) is 5.35. The van der Waals surface area contributed by atoms with Crippen molar-refractivity contribution in [3.05, 3.63) is 34.9 Å². The number of rotatable bonds is 7. The molecular weight excluding hydrogens is 230 g/mol. The molecule has 0 fully saturated rings. The second-order valence-electron chi connectivity index (χ2n) is 4.32. The van der Waals surface area contributed by atoms with Crippen LogP contribution in [0.2, 0.25) is 0 Å². The van der Waals surface area contributed by atoms with E-state index in [1.54, 1.807) is 0 Å². The maximum Gasteiger partial charge on any atom is 0.0787 e. The summed E-state index contributed by atoms with van der Waals surface area (Å²) >= 11 is 1.89. The van der Waals surface area contributed by atoms with Gasteiger partial charge < -0.3 is 10.5 Å². The van der Waals surface area contributed by atoms with Crippen molar-refractivity contribution in [1.82, 2.24) is 0 Å². The number of benzene rings is 1. The van der Waals surface area contributed by atoms with E-state index in [1.807, 2.05) is 18.7 Å². The Kier molecular flexibility index (Phi) is 6.63. The van der Waals surface area contributed by atoms with Gasteiger partial charge in [0.2, 0.25) is 0 Å². The Hall–Kier alpha value is -0.510. The molecular formula is C14H23NOS. The van der Waals surface area contributed by atoms with Crippen LogP contribution >= 0.6 is 11.8 Å². The van der Waals surface area contributed by atoms with Crippen molar-refractivity contribution >= 4 is 11.8 Å². The van der Waals surface area contributed by atoms with E-state index in [0.29, 0.717) is 6.54 Å². The van der Waals surface area contributed by atoms with Crippen molar-refractivity contribution in [3.8, 4) is 0 Å². The molecule has 0 amide bonds. The first-order chi connectivity index (χ1) is 8.15. The molecule has 1 atom stereocenters. The molecule has 0 spiro atoms. The molecule has 0 aliphatic rings. The van der Waals surface area contributed by atoms with E-state index in [0.717, 1.165) is 18.1 Å². The monoisotopic (exact) mass is 253 g/mol. The molecule has 96 valence electrons. The Morgan fingerprint density at radius 1 is 1.24 bits per heavy atom. The summed E-state index contributed by atoms with van der Waals surface area (Å²) in [5.74, 6) is 2.00. The zero-order chi connectivity index (χ0) is 12.7. The van der Waals surface area contributed by atoms with Gasteiger partial charge in [-0.3, -0.25) is 0 Å². The van der Waals surface area contributed by atoms with Gasteiger partial charge >= 0.3 is 0 Å². The smallest absolute Gasteiger partial charge is 0.0787 e. The summed E-state index contributed by atoms with van der Waals surface area (Å²) < 4.78 is 5.53. The van der Waals surface area contributed by atoms with Crippen molar-refractivity contribution in [3.63, 3.8) is 0 Å². The number of aryl methyl sites for hydroxylation is 2. The van der Waals surface area contributed by atoms with Crippen molar-refractivity contribution < 1.29 is 4.74 Å². The molecule has 0 saturated heterocycles. The van der Waals surface area contributed by atoms with Crippen LogP contribution in [0.25, 0.3) is 0 Å². The average molecular weight is 253 g/mol. The van der Waals surface area contributed by atoms with Gasteiger partial charge in [-0.1, -0.05) is 29.3 Å². The summed E-state index contributed by atoms with van der Waals surface area (Å²) in [5.41, 5.74) is 9.70. The van der Waals surface area contributed by atoms with Crippen molar-refractivity contribution in [2.75, 3.05) is 18.9 Å². The van der Waals surface area contributed by atoms with Crippen LogP contribution in [0.3, 0.4) is 0 Å². The summed E-state index contributed by atoms with van der Waals surface area (Å²) in [7, 11) is 0. The van der Waals surface area contributed by atoms with Crippen molar-refractivity contribution in [2.24, 2.45) is 5.73 Å². The fourth-order valence-corrected chi connectivity index (χ4v) is 2.90. The number of nitrogens with two attached hydrogens (primary N) is 1. The van der Waals surface area contributed by atoms with E-state index < -0.39 is 0 Å². The third kappa shape index (κ3) is 5.57. The Morgan fingerprint density at radius 2 is 1.88 bits per heavy atom. The normalized spacial score (nSPS) is 12.7. The summed E-state index contributed by atoms with van der Waals surface area (Å²) in [4.78, 5) is 0. The van der Waals surface area contributed by atoms with Gasteiger partial charge in [-0.05, 0) is 26.3 Å². The molecule has 0 heterocycles. The molecule has 0 aromatic heterocycles. The minimum atomic E-state index is 0.191. The summed E-state index contributed by atoms with van der Waals surface area (Å²) in [5, 5.41) is 0. The molecule has 2 N–H and O–H groups in total. The lowest BCUT2D eigenvalue weighted by atomic mass is 10.1. The van der Waals surface area contributed by atoms with Crippen LogP contribution in [0.4, 0.5) is 0 Å². The maximum atomic E-state index is 5.65. The third-order valence-electron chi connectivity index (χ3n) is 2.52. The van der Waals surface area contributed by atoms with Gasteiger partial charge in [-0.2, -0.15) is 11.8 Å². The van der Waals surface area contributed by atoms with Crippen molar-refractivity contribution in [1.29, 1.82) is 0 Å². The number of hydrogen-bond acceptors (Lipinski definition) is 3. The molecule has 0 saturated carbocycles. The Labute approximate surface area is 109 Å². The van der Waals surface area contributed by atoms with Gasteiger partial charge in [0.05, 0.1) is 6.10 Å². The number of thioether (sulfide) groups is 1. The predicted molar refractivity (Wildman–Crippen MR) is 76.5 cm³/mol. The van der Waals surface area contributed by atoms with E-state index in [2.05, 4.69) is 32.0 Å². The molecule has 2 nitrogen and oxygen atoms in total. The highest BCUT2D eigenvalue weighted by Gasteiger charge is 2.06. The fourth-order valence-electron chi connectivity index (χ4n) is 1.88. The molecule has 17 heavy (non-hydrogen) atoms. The highest BCUT2D eigenvalue weighted by atomic mass is 32.2. The minimum Gasteiger partial charge on any atom is -0.376 e. The van der Waals surface area contributed by atoms with E-state index >= 15 is 0 Å². The van der Waals surface area contributed by atoms with Gasteiger partial charge in [0.15, 0.2) is 0 Å². The standard InChI is InChI=1S/C14H23NOS/c1-4-16-14(8-15)10-17-9-13-6-11(2)5-12(3)7-13/h5-7,14H,4,8-10,15H2,1-3H3. The number of hydrogen-bond donors (Lipinski definition) is 1. The van der Waals surface area contributed by atoms with Crippen molar-refractivity contribution in [2.45, 2.75) is 32.6 Å². The lowest BCUT2D eigenvalue weighted by Crippen LogP contribution is -2.26. The van der Waals surface area contributed by atoms with Gasteiger partial charge in [-0.25, -0.2) is 0 Å². The largest absolute Gasteiger partial charge is 0.376 e. The predicted octanol–water partition coefficient (Wildman–Crippen LogP) is 2.90. The van der Waals surface area contributed by atoms with Crippen LogP contribution in [0, 0.1) is 13.8 Å². The van der Waals surface area contributed by atoms with E-state index in [4.69, 9.17) is 10.5 Å². The third-order valence-corrected chi connectivity index (χ3v) is 3.66. The maximum absolute atomic E-state index is 5.65. The van der Waals surface area contributed by atoms with Gasteiger partial charge in [0.25, 0.3) is 0 Å². The lowest BCUT2D eigenvalue weighted by molar-refractivity contribution is 0.0858. The lowest BCUT2D eigenvalue weighted by Gasteiger charge is -2.14. The van der Waals surface area contributed by atoms with Gasteiger partial charge in [0, 0.05) is 24.7 Å². The minimum absolute atomic E-state index is 0.191. The quantitative estimate of drug-likeness (QED) is 0.811. The molecule has 0 aliphatic heterocycles. The first-order valence-corrected chi connectivity index (χ1v) is 7.27. The van der Waals surface area contributed by atoms with Crippen LogP contribution in [0.1, 0.15) is 23.6 Å². The molecule has 1 aromatic rings. The van der Waals surface area contributed by atoms with Crippen LogP contribution in [0.15, 0.2) is 18.2 Å². The Bertz CT molecular complexity index is 321. The molecule has 3 heteroatoms. The number of ether oxygens (including phenoxy) is 1. The molecule has 0 radical (unpaired) electrons. The first-order valence-electron chi connectivity index (χ1n) is 6.12. The second kappa shape index (κ2) is 7.75. The molecule has 0 bridgehead atoms. The molecule has 1 rings (SSSR count). The Morgan fingerprint density at radius 3 is 2.41 bits per heavy atom. The topological polar surface area (TPSA) is 35.2 Å². The van der Waals surface area contributed by atoms with Gasteiger partial charge in [-0.15, -0.1) is 0 Å². The fraction of sp³-hybridized carbons (Fsp3) is 0.571. The van der Waals surface area contributed by atoms with Crippen LogP contribution in [-0.4, -0.2) is 25.0 Å². The summed E-state index contributed by atoms with van der Waals surface area (Å²) in [6.45, 7) is 7.64. The highest BCUT2D eigenvalue weighted by molar-refractivity contribution is 7.98. The summed E-state index contributed by atoms with van der Waals surface area (Å²) in [6.07, 6.45) is 0.191. The highest BCUT2D eigenvalue weighted by Crippen LogP contribution is 2.17. The molecule has 1 aromatic carbocycles. The average Bonchev–Trinajstić information content (AvgIpc) is 2.26. The molecule has 1 unspecified atom stereocenters. The van der Waals surface area contributed by atoms with Crippen LogP contribution < -0.4 is 5.73 Å². The molecule has 0 aliphatic carbocycles. The Balaban J connectivity index is 2.39. The zero-order valence-corrected chi connectivity index (χ0v) is 11.8. The first kappa shape index (κ1) is 14.6. The van der Waals surface area contributed by atoms with Gasteiger partial charge in [0.1, 0.15) is 0 Å². The zero-order valence-electron chi connectivity index (χ0n) is 11.0. The van der Waals surface area contributed by atoms with E-state index in [-0.39, 0.29) is 6.10 Å². The summed E-state index contributed by atoms with van der Waals surface area (Å²) in [6, 6.07) is 6.70.